The predicted molar refractivity (Wildman–Crippen MR) is 115 cm³/mol. The first kappa shape index (κ1) is 16.2. The van der Waals surface area contributed by atoms with Crippen molar-refractivity contribution >= 4 is 27.5 Å². The highest BCUT2D eigenvalue weighted by Crippen LogP contribution is 2.33. The highest BCUT2D eigenvalue weighted by molar-refractivity contribution is 6.09. The predicted octanol–water partition coefficient (Wildman–Crippen LogP) is 5.90. The second kappa shape index (κ2) is 6.29. The number of para-hydroxylation sites is 2. The van der Waals surface area contributed by atoms with E-state index in [1.165, 1.54) is 21.8 Å². The quantitative estimate of drug-likeness (QED) is 0.399. The van der Waals surface area contributed by atoms with Crippen LogP contribution in [-0.2, 0) is 0 Å². The molecule has 0 aliphatic heterocycles. The molecule has 0 unspecified atom stereocenters. The summed E-state index contributed by atoms with van der Waals surface area (Å²) in [7, 11) is 0. The van der Waals surface area contributed by atoms with E-state index in [4.69, 9.17) is 5.73 Å². The van der Waals surface area contributed by atoms with Crippen LogP contribution in [0.15, 0.2) is 91.0 Å². The minimum absolute atomic E-state index is 0.567. The first-order valence-corrected chi connectivity index (χ1v) is 9.14. The summed E-state index contributed by atoms with van der Waals surface area (Å²) >= 11 is 0. The maximum Gasteiger partial charge on any atom is 0.0992 e. The van der Waals surface area contributed by atoms with E-state index in [1.54, 1.807) is 6.07 Å². The van der Waals surface area contributed by atoms with Crippen LogP contribution in [0.2, 0.25) is 0 Å². The van der Waals surface area contributed by atoms with Crippen LogP contribution in [-0.4, -0.2) is 4.57 Å². The van der Waals surface area contributed by atoms with Gasteiger partial charge in [0.05, 0.1) is 22.7 Å². The van der Waals surface area contributed by atoms with Gasteiger partial charge in [0.1, 0.15) is 0 Å². The van der Waals surface area contributed by atoms with Crippen molar-refractivity contribution in [2.75, 3.05) is 5.73 Å². The fourth-order valence-electron chi connectivity index (χ4n) is 3.91. The average molecular weight is 359 g/mol. The third-order valence-corrected chi connectivity index (χ3v) is 5.10. The fraction of sp³-hybridized carbons (Fsp3) is 0. The Hall–Kier alpha value is -4.03. The van der Waals surface area contributed by atoms with Gasteiger partial charge in [-0.2, -0.15) is 5.26 Å². The highest BCUT2D eigenvalue weighted by Gasteiger charge is 2.12. The molecule has 2 N–H and O–H groups in total. The summed E-state index contributed by atoms with van der Waals surface area (Å²) in [6.07, 6.45) is 0. The molecule has 0 bridgehead atoms. The summed E-state index contributed by atoms with van der Waals surface area (Å²) < 4.78 is 2.28. The minimum Gasteiger partial charge on any atom is -0.399 e. The van der Waals surface area contributed by atoms with Crippen molar-refractivity contribution in [3.8, 4) is 22.9 Å². The van der Waals surface area contributed by atoms with Crippen LogP contribution < -0.4 is 5.73 Å². The second-order valence-electron chi connectivity index (χ2n) is 6.88. The number of nitriles is 1. The molecule has 5 aromatic rings. The van der Waals surface area contributed by atoms with E-state index in [9.17, 15) is 5.26 Å². The van der Waals surface area contributed by atoms with E-state index >= 15 is 0 Å². The molecule has 0 aliphatic carbocycles. The molecule has 28 heavy (non-hydrogen) atoms. The summed E-state index contributed by atoms with van der Waals surface area (Å²) in [4.78, 5) is 0. The lowest BCUT2D eigenvalue weighted by Gasteiger charge is -2.11. The van der Waals surface area contributed by atoms with Crippen molar-refractivity contribution in [1.82, 2.24) is 4.57 Å². The van der Waals surface area contributed by atoms with Gasteiger partial charge in [0, 0.05) is 22.1 Å². The van der Waals surface area contributed by atoms with Gasteiger partial charge in [-0.3, -0.25) is 0 Å². The topological polar surface area (TPSA) is 54.7 Å². The zero-order chi connectivity index (χ0) is 19.1. The Morgan fingerprint density at radius 3 is 2.04 bits per heavy atom. The molecule has 5 rings (SSSR count). The van der Waals surface area contributed by atoms with Crippen LogP contribution in [0, 0.1) is 11.3 Å². The van der Waals surface area contributed by atoms with Crippen molar-refractivity contribution < 1.29 is 0 Å². The van der Waals surface area contributed by atoms with Gasteiger partial charge in [-0.1, -0.05) is 48.5 Å². The molecule has 0 saturated heterocycles. The summed E-state index contributed by atoms with van der Waals surface area (Å²) in [5, 5.41) is 11.7. The SMILES string of the molecule is N#Cc1cc(N)cc(-c2cccc(-n3c4ccccc4c4ccccc43)c2)c1. The van der Waals surface area contributed by atoms with Gasteiger partial charge < -0.3 is 10.3 Å². The Labute approximate surface area is 162 Å². The van der Waals surface area contributed by atoms with E-state index < -0.39 is 0 Å². The molecule has 0 amide bonds. The number of aromatic nitrogens is 1. The van der Waals surface area contributed by atoms with Gasteiger partial charge in [-0.15, -0.1) is 0 Å². The lowest BCUT2D eigenvalue weighted by atomic mass is 10.0. The number of anilines is 1. The highest BCUT2D eigenvalue weighted by atomic mass is 15.0. The van der Waals surface area contributed by atoms with Crippen molar-refractivity contribution in [2.24, 2.45) is 0 Å². The third-order valence-electron chi connectivity index (χ3n) is 5.10. The normalized spacial score (nSPS) is 11.0. The number of hydrogen-bond donors (Lipinski definition) is 1. The number of hydrogen-bond acceptors (Lipinski definition) is 2. The molecular formula is C25H17N3. The first-order valence-electron chi connectivity index (χ1n) is 9.14. The monoisotopic (exact) mass is 359 g/mol. The molecule has 0 spiro atoms. The number of rotatable bonds is 2. The zero-order valence-electron chi connectivity index (χ0n) is 15.1. The molecule has 132 valence electrons. The first-order chi connectivity index (χ1) is 13.7. The molecule has 1 aromatic heterocycles. The Balaban J connectivity index is 1.77. The van der Waals surface area contributed by atoms with Crippen molar-refractivity contribution in [1.29, 1.82) is 5.26 Å². The van der Waals surface area contributed by atoms with Crippen molar-refractivity contribution in [2.45, 2.75) is 0 Å². The maximum absolute atomic E-state index is 9.27. The van der Waals surface area contributed by atoms with Gasteiger partial charge in [-0.05, 0) is 53.6 Å². The standard InChI is InChI=1S/C25H17N3/c26-16-17-12-19(14-20(27)13-17)18-6-5-7-21(15-18)28-24-10-3-1-8-22(24)23-9-2-4-11-25(23)28/h1-15H,27H2. The van der Waals surface area contributed by atoms with Crippen LogP contribution in [0.1, 0.15) is 5.56 Å². The molecule has 0 aliphatic rings. The average Bonchev–Trinajstić information content (AvgIpc) is 3.08. The fourth-order valence-corrected chi connectivity index (χ4v) is 3.91. The second-order valence-corrected chi connectivity index (χ2v) is 6.88. The molecule has 3 nitrogen and oxygen atoms in total. The van der Waals surface area contributed by atoms with Crippen LogP contribution in [0.25, 0.3) is 38.6 Å². The van der Waals surface area contributed by atoms with E-state index in [0.717, 1.165) is 16.8 Å². The van der Waals surface area contributed by atoms with Gasteiger partial charge >= 0.3 is 0 Å². The van der Waals surface area contributed by atoms with Crippen molar-refractivity contribution in [3.05, 3.63) is 96.6 Å². The largest absolute Gasteiger partial charge is 0.399 e. The molecular weight excluding hydrogens is 342 g/mol. The number of benzene rings is 4. The molecule has 0 saturated carbocycles. The number of nitrogens with two attached hydrogens (primary N) is 1. The van der Waals surface area contributed by atoms with Gasteiger partial charge in [-0.25, -0.2) is 0 Å². The number of fused-ring (bicyclic) bond motifs is 3. The summed E-state index contributed by atoms with van der Waals surface area (Å²) in [5.74, 6) is 0. The Kier molecular flexibility index (Phi) is 3.63. The molecule has 3 heteroatoms. The zero-order valence-corrected chi connectivity index (χ0v) is 15.1. The number of nitrogens with zero attached hydrogens (tertiary/aromatic N) is 2. The Morgan fingerprint density at radius 1 is 0.679 bits per heavy atom. The van der Waals surface area contributed by atoms with E-state index in [2.05, 4.69) is 71.3 Å². The molecule has 4 aromatic carbocycles. The van der Waals surface area contributed by atoms with Crippen LogP contribution in [0.3, 0.4) is 0 Å². The van der Waals surface area contributed by atoms with Gasteiger partial charge in [0.15, 0.2) is 0 Å². The lowest BCUT2D eigenvalue weighted by Crippen LogP contribution is -1.94. The summed E-state index contributed by atoms with van der Waals surface area (Å²) in [5.41, 5.74) is 12.6. The van der Waals surface area contributed by atoms with E-state index in [-0.39, 0.29) is 0 Å². The third kappa shape index (κ3) is 2.52. The Bertz CT molecular complexity index is 1330. The van der Waals surface area contributed by atoms with Crippen LogP contribution in [0.5, 0.6) is 0 Å². The molecule has 0 fully saturated rings. The smallest absolute Gasteiger partial charge is 0.0992 e. The number of nitrogen functional groups attached to an aromatic ring is 1. The van der Waals surface area contributed by atoms with E-state index in [1.807, 2.05) is 24.3 Å². The van der Waals surface area contributed by atoms with Crippen LogP contribution >= 0.6 is 0 Å². The lowest BCUT2D eigenvalue weighted by molar-refractivity contribution is 1.18. The maximum atomic E-state index is 9.27. The molecule has 0 radical (unpaired) electrons. The van der Waals surface area contributed by atoms with Gasteiger partial charge in [0.25, 0.3) is 0 Å². The molecule has 1 heterocycles. The van der Waals surface area contributed by atoms with Crippen molar-refractivity contribution in [3.63, 3.8) is 0 Å². The summed E-state index contributed by atoms with van der Waals surface area (Å²) in [6.45, 7) is 0. The summed E-state index contributed by atoms with van der Waals surface area (Å²) in [6, 6.07) is 32.9. The van der Waals surface area contributed by atoms with Crippen LogP contribution in [0.4, 0.5) is 5.69 Å². The van der Waals surface area contributed by atoms with E-state index in [0.29, 0.717) is 11.3 Å². The molecule has 0 atom stereocenters. The van der Waals surface area contributed by atoms with Gasteiger partial charge in [0.2, 0.25) is 0 Å². The Morgan fingerprint density at radius 2 is 1.36 bits per heavy atom. The minimum atomic E-state index is 0.567.